The van der Waals surface area contributed by atoms with Gasteiger partial charge in [-0.05, 0) is 43.0 Å². The van der Waals surface area contributed by atoms with Crippen LogP contribution in [-0.2, 0) is 36.9 Å². The molecule has 3 N–H and O–H groups in total. The average molecular weight is 556 g/mol. The number of aliphatic hydroxyl groups is 1. The summed E-state index contributed by atoms with van der Waals surface area (Å²) in [6.45, 7) is 4.68. The van der Waals surface area contributed by atoms with Crippen LogP contribution in [0.3, 0.4) is 0 Å². The first-order valence-corrected chi connectivity index (χ1v) is 14.0. The van der Waals surface area contributed by atoms with E-state index in [9.17, 15) is 14.7 Å². The molecule has 218 valence electrons. The third kappa shape index (κ3) is 8.49. The molecule has 4 unspecified atom stereocenters. The summed E-state index contributed by atoms with van der Waals surface area (Å²) in [5.74, 6) is -0.477. The summed E-state index contributed by atoms with van der Waals surface area (Å²) >= 11 is 0. The number of rotatable bonds is 12. The summed E-state index contributed by atoms with van der Waals surface area (Å²) in [5, 5.41) is 14.7. The van der Waals surface area contributed by atoms with Crippen LogP contribution in [0.5, 0.6) is 0 Å². The van der Waals surface area contributed by atoms with Gasteiger partial charge in [-0.1, -0.05) is 48.5 Å². The van der Waals surface area contributed by atoms with Gasteiger partial charge in [-0.2, -0.15) is 0 Å². The van der Waals surface area contributed by atoms with Crippen LogP contribution in [0, 0.1) is 0 Å². The summed E-state index contributed by atoms with van der Waals surface area (Å²) < 4.78 is 23.2. The lowest BCUT2D eigenvalue weighted by molar-refractivity contribution is -0.253. The van der Waals surface area contributed by atoms with Crippen molar-refractivity contribution in [3.63, 3.8) is 0 Å². The molecule has 0 bridgehead atoms. The zero-order valence-corrected chi connectivity index (χ0v) is 23.3. The Bertz CT molecular complexity index is 1080. The molecule has 0 aliphatic carbocycles. The Morgan fingerprint density at radius 2 is 1.75 bits per heavy atom. The third-order valence-electron chi connectivity index (χ3n) is 7.31. The Kier molecular flexibility index (Phi) is 11.3. The van der Waals surface area contributed by atoms with Crippen LogP contribution in [0.1, 0.15) is 60.8 Å². The van der Waals surface area contributed by atoms with Crippen molar-refractivity contribution in [3.8, 4) is 0 Å². The zero-order valence-electron chi connectivity index (χ0n) is 23.3. The number of hydrogen-bond acceptors (Lipinski definition) is 8. The standard InChI is InChI=1S/C30H41N3O7/c1-3-38-28(35)17-32-30(36)31-16-21-6-12-24(13-7-21)29-39-26(18-33-14-4-5-25(33)20-37-2)15-27(40-29)23-10-8-22(19-34)9-11-23/h6-13,25-27,29,34H,3-5,14-20H2,1-2H3,(H2,31,32,36). The molecule has 2 aliphatic heterocycles. The SMILES string of the molecule is CCOC(=O)CNC(=O)NCc1ccc(C2OC(CN3CCCC3COC)CC(c3ccc(CO)cc3)O2)cc1. The number of aliphatic hydroxyl groups excluding tert-OH is 1. The van der Waals surface area contributed by atoms with Crippen LogP contribution in [0.15, 0.2) is 48.5 Å². The number of benzene rings is 2. The van der Waals surface area contributed by atoms with E-state index in [0.29, 0.717) is 12.6 Å². The van der Waals surface area contributed by atoms with Crippen LogP contribution in [0.4, 0.5) is 4.79 Å². The number of ether oxygens (including phenoxy) is 4. The second kappa shape index (κ2) is 15.1. The second-order valence-electron chi connectivity index (χ2n) is 10.2. The largest absolute Gasteiger partial charge is 0.465 e. The molecule has 4 rings (SSSR count). The first kappa shape index (κ1) is 30.0. The summed E-state index contributed by atoms with van der Waals surface area (Å²) in [7, 11) is 1.75. The van der Waals surface area contributed by atoms with E-state index in [0.717, 1.165) is 61.2 Å². The van der Waals surface area contributed by atoms with Crippen LogP contribution >= 0.6 is 0 Å². The van der Waals surface area contributed by atoms with Gasteiger partial charge in [-0.3, -0.25) is 9.69 Å². The third-order valence-corrected chi connectivity index (χ3v) is 7.31. The molecule has 2 saturated heterocycles. The zero-order chi connectivity index (χ0) is 28.3. The first-order chi connectivity index (χ1) is 19.5. The smallest absolute Gasteiger partial charge is 0.325 e. The van der Waals surface area contributed by atoms with Gasteiger partial charge in [0.1, 0.15) is 6.54 Å². The van der Waals surface area contributed by atoms with Gasteiger partial charge >= 0.3 is 12.0 Å². The molecule has 0 radical (unpaired) electrons. The molecule has 2 heterocycles. The summed E-state index contributed by atoms with van der Waals surface area (Å²) in [4.78, 5) is 25.9. The maximum absolute atomic E-state index is 12.0. The van der Waals surface area contributed by atoms with E-state index in [1.165, 1.54) is 0 Å². The van der Waals surface area contributed by atoms with Crippen LogP contribution in [-0.4, -0.2) is 74.1 Å². The van der Waals surface area contributed by atoms with Crippen molar-refractivity contribution >= 4 is 12.0 Å². The molecule has 0 spiro atoms. The average Bonchev–Trinajstić information content (AvgIpc) is 3.41. The van der Waals surface area contributed by atoms with Gasteiger partial charge in [-0.25, -0.2) is 4.79 Å². The number of carbonyl (C=O) groups excluding carboxylic acids is 2. The van der Waals surface area contributed by atoms with Gasteiger partial charge < -0.3 is 34.7 Å². The molecular weight excluding hydrogens is 514 g/mol. The highest BCUT2D eigenvalue weighted by Crippen LogP contribution is 2.38. The van der Waals surface area contributed by atoms with Crippen molar-refractivity contribution in [2.45, 2.75) is 63.9 Å². The van der Waals surface area contributed by atoms with E-state index in [1.54, 1.807) is 14.0 Å². The summed E-state index contributed by atoms with van der Waals surface area (Å²) in [6, 6.07) is 15.6. The molecule has 2 aliphatic rings. The molecule has 2 aromatic carbocycles. The van der Waals surface area contributed by atoms with Gasteiger partial charge in [0.2, 0.25) is 0 Å². The minimum atomic E-state index is -0.542. The molecule has 10 heteroatoms. The van der Waals surface area contributed by atoms with E-state index in [2.05, 4.69) is 15.5 Å². The predicted octanol–water partition coefficient (Wildman–Crippen LogP) is 3.20. The molecule has 0 aromatic heterocycles. The number of likely N-dealkylation sites (tertiary alicyclic amines) is 1. The Balaban J connectivity index is 1.40. The Hall–Kier alpha value is -3.02. The lowest BCUT2D eigenvalue weighted by Crippen LogP contribution is -2.42. The summed E-state index contributed by atoms with van der Waals surface area (Å²) in [5.41, 5.74) is 3.72. The van der Waals surface area contributed by atoms with Crippen molar-refractivity contribution < 1.29 is 33.6 Å². The minimum absolute atomic E-state index is 0.00424. The van der Waals surface area contributed by atoms with E-state index in [1.807, 2.05) is 48.5 Å². The van der Waals surface area contributed by atoms with Crippen molar-refractivity contribution in [3.05, 3.63) is 70.8 Å². The molecule has 4 atom stereocenters. The van der Waals surface area contributed by atoms with E-state index in [4.69, 9.17) is 18.9 Å². The lowest BCUT2D eigenvalue weighted by Gasteiger charge is -2.38. The quantitative estimate of drug-likeness (QED) is 0.342. The van der Waals surface area contributed by atoms with E-state index in [-0.39, 0.29) is 32.0 Å². The minimum Gasteiger partial charge on any atom is -0.465 e. The van der Waals surface area contributed by atoms with Gasteiger partial charge in [-0.15, -0.1) is 0 Å². The molecule has 0 saturated carbocycles. The molecule has 2 fully saturated rings. The highest BCUT2D eigenvalue weighted by Gasteiger charge is 2.35. The predicted molar refractivity (Wildman–Crippen MR) is 148 cm³/mol. The number of urea groups is 1. The van der Waals surface area contributed by atoms with Gasteiger partial charge in [0.05, 0.1) is 32.0 Å². The van der Waals surface area contributed by atoms with Gasteiger partial charge in [0.25, 0.3) is 0 Å². The maximum atomic E-state index is 12.0. The molecule has 2 aromatic rings. The topological polar surface area (TPSA) is 119 Å². The number of methoxy groups -OCH3 is 1. The van der Waals surface area contributed by atoms with Gasteiger partial charge in [0, 0.05) is 38.2 Å². The van der Waals surface area contributed by atoms with Crippen LogP contribution in [0.2, 0.25) is 0 Å². The monoisotopic (exact) mass is 555 g/mol. The fourth-order valence-electron chi connectivity index (χ4n) is 5.21. The molecular formula is C30H41N3O7. The lowest BCUT2D eigenvalue weighted by atomic mass is 9.99. The maximum Gasteiger partial charge on any atom is 0.325 e. The normalized spacial score (nSPS) is 23.1. The first-order valence-electron chi connectivity index (χ1n) is 14.0. The van der Waals surface area contributed by atoms with Crippen LogP contribution in [0.25, 0.3) is 0 Å². The van der Waals surface area contributed by atoms with Crippen molar-refractivity contribution in [2.75, 3.05) is 40.0 Å². The Labute approximate surface area is 235 Å². The number of esters is 1. The number of nitrogens with one attached hydrogen (secondary N) is 2. The van der Waals surface area contributed by atoms with Gasteiger partial charge in [0.15, 0.2) is 6.29 Å². The fourth-order valence-corrected chi connectivity index (χ4v) is 5.21. The highest BCUT2D eigenvalue weighted by atomic mass is 16.7. The Morgan fingerprint density at radius 1 is 1.02 bits per heavy atom. The van der Waals surface area contributed by atoms with E-state index < -0.39 is 18.3 Å². The van der Waals surface area contributed by atoms with Crippen LogP contribution < -0.4 is 10.6 Å². The number of nitrogens with zero attached hydrogens (tertiary/aromatic N) is 1. The summed E-state index contributed by atoms with van der Waals surface area (Å²) in [6.07, 6.45) is 2.30. The van der Waals surface area contributed by atoms with Crippen molar-refractivity contribution in [1.29, 1.82) is 0 Å². The van der Waals surface area contributed by atoms with Crippen molar-refractivity contribution in [1.82, 2.24) is 15.5 Å². The molecule has 10 nitrogen and oxygen atoms in total. The number of carbonyl (C=O) groups is 2. The number of hydrogen-bond donors (Lipinski definition) is 3. The fraction of sp³-hybridized carbons (Fsp3) is 0.533. The van der Waals surface area contributed by atoms with Crippen molar-refractivity contribution in [2.24, 2.45) is 0 Å². The van der Waals surface area contributed by atoms with E-state index >= 15 is 0 Å². The number of amides is 2. The highest BCUT2D eigenvalue weighted by molar-refractivity contribution is 5.80. The Morgan fingerprint density at radius 3 is 2.45 bits per heavy atom. The second-order valence-corrected chi connectivity index (χ2v) is 10.2. The molecule has 2 amide bonds. The molecule has 40 heavy (non-hydrogen) atoms.